The Kier molecular flexibility index (Phi) is 7.14. The number of halogens is 1. The zero-order chi connectivity index (χ0) is 18.4. The lowest BCUT2D eigenvalue weighted by molar-refractivity contribution is 0.0935. The molecule has 7 heteroatoms. The Morgan fingerprint density at radius 2 is 2.19 bits per heavy atom. The first-order valence-corrected chi connectivity index (χ1v) is 10.4. The van der Waals surface area contributed by atoms with Crippen molar-refractivity contribution in [3.05, 3.63) is 46.8 Å². The maximum absolute atomic E-state index is 6.44. The molecule has 2 aromatic rings. The first kappa shape index (κ1) is 19.4. The van der Waals surface area contributed by atoms with Gasteiger partial charge in [-0.1, -0.05) is 53.7 Å². The summed E-state index contributed by atoms with van der Waals surface area (Å²) in [5.74, 6) is 0.955. The topological polar surface area (TPSA) is 43.2 Å². The van der Waals surface area contributed by atoms with Gasteiger partial charge in [0, 0.05) is 18.2 Å². The van der Waals surface area contributed by atoms with Crippen molar-refractivity contribution in [2.45, 2.75) is 37.2 Å². The minimum atomic E-state index is 0.266. The van der Waals surface area contributed by atoms with E-state index in [0.29, 0.717) is 13.1 Å². The summed E-state index contributed by atoms with van der Waals surface area (Å²) in [7, 11) is 2.05. The number of likely N-dealkylation sites (N-methyl/N-ethyl adjacent to an activating group) is 1. The number of ether oxygens (including phenoxy) is 1. The number of thioether (sulfide) groups is 1. The van der Waals surface area contributed by atoms with E-state index in [0.717, 1.165) is 47.6 Å². The van der Waals surface area contributed by atoms with Crippen molar-refractivity contribution in [3.8, 4) is 0 Å². The molecule has 1 aliphatic rings. The Morgan fingerprint density at radius 1 is 1.38 bits per heavy atom. The van der Waals surface area contributed by atoms with Crippen LogP contribution in [-0.4, -0.2) is 52.2 Å². The molecule has 0 saturated carbocycles. The number of aromatic nitrogens is 3. The van der Waals surface area contributed by atoms with E-state index in [1.54, 1.807) is 11.8 Å². The highest BCUT2D eigenvalue weighted by molar-refractivity contribution is 7.98. The molecule has 1 aromatic carbocycles. The minimum absolute atomic E-state index is 0.266. The number of rotatable bonds is 8. The molecule has 1 atom stereocenters. The van der Waals surface area contributed by atoms with Gasteiger partial charge < -0.3 is 9.30 Å². The second kappa shape index (κ2) is 9.55. The molecule has 5 nitrogen and oxygen atoms in total. The molecule has 140 valence electrons. The molecule has 2 heterocycles. The van der Waals surface area contributed by atoms with Gasteiger partial charge in [0.15, 0.2) is 5.16 Å². The Balaban J connectivity index is 1.64. The fourth-order valence-corrected chi connectivity index (χ4v) is 3.95. The molecule has 1 saturated heterocycles. The molecule has 1 aliphatic heterocycles. The maximum atomic E-state index is 6.44. The maximum Gasteiger partial charge on any atom is 0.191 e. The Bertz CT molecular complexity index is 728. The highest BCUT2D eigenvalue weighted by Crippen LogP contribution is 2.21. The average Bonchev–Trinajstić information content (AvgIpc) is 3.26. The number of benzene rings is 1. The van der Waals surface area contributed by atoms with Crippen LogP contribution < -0.4 is 0 Å². The Morgan fingerprint density at radius 3 is 2.88 bits per heavy atom. The summed E-state index contributed by atoms with van der Waals surface area (Å²) < 4.78 is 7.97. The van der Waals surface area contributed by atoms with Gasteiger partial charge in [-0.3, -0.25) is 4.90 Å². The first-order valence-electron chi connectivity index (χ1n) is 8.83. The summed E-state index contributed by atoms with van der Waals surface area (Å²) in [4.78, 5) is 2.15. The van der Waals surface area contributed by atoms with Crippen LogP contribution in [0.4, 0.5) is 0 Å². The summed E-state index contributed by atoms with van der Waals surface area (Å²) in [5.41, 5.74) is 1.11. The molecule has 1 aromatic heterocycles. The molecule has 1 unspecified atom stereocenters. The summed E-state index contributed by atoms with van der Waals surface area (Å²) in [6, 6.07) is 10.1. The summed E-state index contributed by atoms with van der Waals surface area (Å²) in [6.07, 6.45) is 6.54. The number of nitrogens with zero attached hydrogens (tertiary/aromatic N) is 4. The van der Waals surface area contributed by atoms with Crippen LogP contribution >= 0.6 is 23.4 Å². The van der Waals surface area contributed by atoms with Crippen LogP contribution in [0.3, 0.4) is 0 Å². The third-order valence-electron chi connectivity index (χ3n) is 4.34. The van der Waals surface area contributed by atoms with Crippen molar-refractivity contribution in [2.75, 3.05) is 26.5 Å². The van der Waals surface area contributed by atoms with E-state index in [1.165, 1.54) is 0 Å². The smallest absolute Gasteiger partial charge is 0.191 e. The van der Waals surface area contributed by atoms with Gasteiger partial charge in [-0.25, -0.2) is 0 Å². The van der Waals surface area contributed by atoms with Gasteiger partial charge in [-0.2, -0.15) is 0 Å². The fraction of sp³-hybridized carbons (Fsp3) is 0.474. The summed E-state index contributed by atoms with van der Waals surface area (Å²) >= 11 is 8.06. The monoisotopic (exact) mass is 392 g/mol. The van der Waals surface area contributed by atoms with E-state index < -0.39 is 0 Å². The highest BCUT2D eigenvalue weighted by atomic mass is 35.5. The van der Waals surface area contributed by atoms with E-state index in [9.17, 15) is 0 Å². The summed E-state index contributed by atoms with van der Waals surface area (Å²) in [6.45, 7) is 3.04. The quantitative estimate of drug-likeness (QED) is 0.637. The van der Waals surface area contributed by atoms with Crippen molar-refractivity contribution >= 4 is 29.4 Å². The van der Waals surface area contributed by atoms with Crippen LogP contribution in [-0.2, 0) is 17.8 Å². The van der Waals surface area contributed by atoms with Crippen LogP contribution in [0.15, 0.2) is 40.5 Å². The van der Waals surface area contributed by atoms with Gasteiger partial charge in [0.25, 0.3) is 0 Å². The van der Waals surface area contributed by atoms with Gasteiger partial charge in [0.2, 0.25) is 0 Å². The molecule has 0 radical (unpaired) electrons. The lowest BCUT2D eigenvalue weighted by Crippen LogP contribution is -2.24. The van der Waals surface area contributed by atoms with E-state index in [4.69, 9.17) is 16.3 Å². The summed E-state index contributed by atoms with van der Waals surface area (Å²) in [5, 5.41) is 10.5. The predicted octanol–water partition coefficient (Wildman–Crippen LogP) is 3.89. The molecule has 0 bridgehead atoms. The van der Waals surface area contributed by atoms with Crippen molar-refractivity contribution in [1.29, 1.82) is 0 Å². The lowest BCUT2D eigenvalue weighted by Gasteiger charge is -2.18. The second-order valence-electron chi connectivity index (χ2n) is 6.52. The van der Waals surface area contributed by atoms with Crippen LogP contribution in [0.5, 0.6) is 0 Å². The fourth-order valence-electron chi connectivity index (χ4n) is 3.09. The standard InChI is InChI=1S/C19H25ClN4OS/c1-23(12-16(20)11-15-7-4-3-5-8-15)14-18-21-22-19(26-2)24(18)13-17-9-6-10-25-17/h3-5,7-8,11,17H,6,9-10,12-14H2,1-2H3. The molecule has 26 heavy (non-hydrogen) atoms. The van der Waals surface area contributed by atoms with Gasteiger partial charge in [0.05, 0.1) is 19.2 Å². The zero-order valence-electron chi connectivity index (χ0n) is 15.3. The predicted molar refractivity (Wildman–Crippen MR) is 107 cm³/mol. The molecule has 0 spiro atoms. The third-order valence-corrected chi connectivity index (χ3v) is 5.24. The highest BCUT2D eigenvalue weighted by Gasteiger charge is 2.21. The third kappa shape index (κ3) is 5.33. The average molecular weight is 393 g/mol. The SMILES string of the molecule is CSc1nnc(CN(C)CC(Cl)=Cc2ccccc2)n1CC1CCCO1. The van der Waals surface area contributed by atoms with E-state index in [2.05, 4.69) is 19.7 Å². The molecule has 0 aliphatic carbocycles. The van der Waals surface area contributed by atoms with E-state index in [1.807, 2.05) is 49.7 Å². The molecule has 0 amide bonds. The zero-order valence-corrected chi connectivity index (χ0v) is 16.8. The molecule has 1 fully saturated rings. The van der Waals surface area contributed by atoms with Crippen LogP contribution in [0.2, 0.25) is 0 Å². The van der Waals surface area contributed by atoms with Crippen molar-refractivity contribution < 1.29 is 4.74 Å². The van der Waals surface area contributed by atoms with Crippen molar-refractivity contribution in [1.82, 2.24) is 19.7 Å². The lowest BCUT2D eigenvalue weighted by atomic mass is 10.2. The van der Waals surface area contributed by atoms with Gasteiger partial charge in [-0.05, 0) is 37.8 Å². The van der Waals surface area contributed by atoms with Gasteiger partial charge in [-0.15, -0.1) is 10.2 Å². The van der Waals surface area contributed by atoms with E-state index in [-0.39, 0.29) is 6.10 Å². The first-order chi connectivity index (χ1) is 12.7. The second-order valence-corrected chi connectivity index (χ2v) is 7.78. The number of hydrogen-bond acceptors (Lipinski definition) is 5. The van der Waals surface area contributed by atoms with Crippen molar-refractivity contribution in [3.63, 3.8) is 0 Å². The Hall–Kier alpha value is -1.34. The minimum Gasteiger partial charge on any atom is -0.376 e. The number of hydrogen-bond donors (Lipinski definition) is 0. The largest absolute Gasteiger partial charge is 0.376 e. The van der Waals surface area contributed by atoms with Crippen LogP contribution in [0, 0.1) is 0 Å². The van der Waals surface area contributed by atoms with E-state index >= 15 is 0 Å². The molecular formula is C19H25ClN4OS. The van der Waals surface area contributed by atoms with Crippen molar-refractivity contribution in [2.24, 2.45) is 0 Å². The Labute approximate surface area is 164 Å². The van der Waals surface area contributed by atoms with Gasteiger partial charge in [0.1, 0.15) is 5.82 Å². The van der Waals surface area contributed by atoms with Gasteiger partial charge >= 0.3 is 0 Å². The molecule has 3 rings (SSSR count). The normalized spacial score (nSPS) is 18.0. The van der Waals surface area contributed by atoms with Crippen LogP contribution in [0.1, 0.15) is 24.2 Å². The molecule has 0 N–H and O–H groups in total. The molecular weight excluding hydrogens is 368 g/mol. The van der Waals surface area contributed by atoms with Crippen LogP contribution in [0.25, 0.3) is 6.08 Å².